The summed E-state index contributed by atoms with van der Waals surface area (Å²) < 4.78 is 35.9. The minimum absolute atomic E-state index is 0.0492. The number of hydrogen-bond acceptors (Lipinski definition) is 5. The van der Waals surface area contributed by atoms with Crippen LogP contribution in [0.1, 0.15) is 23.5 Å². The van der Waals surface area contributed by atoms with Gasteiger partial charge in [0.25, 0.3) is 5.56 Å². The fourth-order valence-corrected chi connectivity index (χ4v) is 3.07. The van der Waals surface area contributed by atoms with Crippen molar-refractivity contribution < 1.29 is 23.0 Å². The standard InChI is InChI=1S/C18H12F2N2O4/c19-18(20)25-11-5-3-4-10(8-11)12-9-14(23)26-16-15(12)17(24)22-7-2-1-6-13(22)21-16/h1-8,12,18H,9H2. The molecule has 0 bridgehead atoms. The zero-order chi connectivity index (χ0) is 18.3. The third-order valence-electron chi connectivity index (χ3n) is 4.15. The molecule has 0 N–H and O–H groups in total. The molecule has 1 unspecified atom stereocenters. The number of alkyl halides is 2. The molecule has 3 heterocycles. The van der Waals surface area contributed by atoms with Gasteiger partial charge in [0.1, 0.15) is 11.4 Å². The Balaban J connectivity index is 1.89. The Hall–Kier alpha value is -3.29. The Kier molecular flexibility index (Phi) is 3.87. The Morgan fingerprint density at radius 3 is 2.85 bits per heavy atom. The number of fused-ring (bicyclic) bond motifs is 2. The van der Waals surface area contributed by atoms with Crippen molar-refractivity contribution in [2.75, 3.05) is 0 Å². The molecule has 6 nitrogen and oxygen atoms in total. The molecule has 132 valence electrons. The molecule has 0 amide bonds. The van der Waals surface area contributed by atoms with Crippen molar-refractivity contribution in [2.24, 2.45) is 0 Å². The number of rotatable bonds is 3. The minimum Gasteiger partial charge on any atom is -0.435 e. The first-order valence-electron chi connectivity index (χ1n) is 7.79. The molecule has 0 spiro atoms. The molecule has 0 radical (unpaired) electrons. The Morgan fingerprint density at radius 1 is 1.19 bits per heavy atom. The summed E-state index contributed by atoms with van der Waals surface area (Å²) in [6, 6.07) is 11.0. The number of halogens is 2. The largest absolute Gasteiger partial charge is 0.435 e. The van der Waals surface area contributed by atoms with E-state index < -0.39 is 18.5 Å². The molecule has 1 atom stereocenters. The van der Waals surface area contributed by atoms with E-state index in [-0.39, 0.29) is 29.2 Å². The monoisotopic (exact) mass is 358 g/mol. The number of carbonyl (C=O) groups excluding carboxylic acids is 1. The van der Waals surface area contributed by atoms with Gasteiger partial charge in [0.05, 0.1) is 12.0 Å². The SMILES string of the molecule is O=C1CC(c2cccc(OC(F)F)c2)c2c(nc3ccccn3c2=O)O1. The van der Waals surface area contributed by atoms with E-state index in [1.165, 1.54) is 22.6 Å². The summed E-state index contributed by atoms with van der Waals surface area (Å²) in [6.07, 6.45) is 1.47. The third kappa shape index (κ3) is 2.79. The highest BCUT2D eigenvalue weighted by atomic mass is 19.3. The van der Waals surface area contributed by atoms with Gasteiger partial charge in [0, 0.05) is 12.1 Å². The first-order valence-corrected chi connectivity index (χ1v) is 7.79. The molecule has 0 aliphatic carbocycles. The van der Waals surface area contributed by atoms with E-state index in [1.807, 2.05) is 0 Å². The third-order valence-corrected chi connectivity index (χ3v) is 4.15. The number of hydrogen-bond donors (Lipinski definition) is 0. The Bertz CT molecular complexity index is 1060. The predicted octanol–water partition coefficient (Wildman–Crippen LogP) is 2.74. The number of pyridine rings is 1. The average molecular weight is 358 g/mol. The molecule has 26 heavy (non-hydrogen) atoms. The van der Waals surface area contributed by atoms with Crippen molar-refractivity contribution in [2.45, 2.75) is 19.0 Å². The van der Waals surface area contributed by atoms with Crippen LogP contribution >= 0.6 is 0 Å². The van der Waals surface area contributed by atoms with Crippen molar-refractivity contribution in [1.29, 1.82) is 0 Å². The lowest BCUT2D eigenvalue weighted by Gasteiger charge is -2.24. The second-order valence-corrected chi connectivity index (χ2v) is 5.75. The molecule has 0 saturated heterocycles. The van der Waals surface area contributed by atoms with Crippen molar-refractivity contribution in [3.63, 3.8) is 0 Å². The van der Waals surface area contributed by atoms with Crippen molar-refractivity contribution in [3.8, 4) is 11.6 Å². The average Bonchev–Trinajstić information content (AvgIpc) is 2.60. The van der Waals surface area contributed by atoms with Crippen LogP contribution in [0.25, 0.3) is 5.65 Å². The Labute approximate surface area is 145 Å². The molecule has 1 aromatic carbocycles. The Morgan fingerprint density at radius 2 is 2.04 bits per heavy atom. The van der Waals surface area contributed by atoms with Crippen LogP contribution in [0.5, 0.6) is 11.6 Å². The van der Waals surface area contributed by atoms with Crippen LogP contribution in [-0.2, 0) is 4.79 Å². The molecule has 1 aliphatic heterocycles. The van der Waals surface area contributed by atoms with E-state index >= 15 is 0 Å². The molecule has 3 aromatic rings. The number of nitrogens with zero attached hydrogens (tertiary/aromatic N) is 2. The lowest BCUT2D eigenvalue weighted by atomic mass is 9.88. The topological polar surface area (TPSA) is 69.9 Å². The van der Waals surface area contributed by atoms with Crippen LogP contribution in [-0.4, -0.2) is 22.0 Å². The van der Waals surface area contributed by atoms with Gasteiger partial charge in [-0.05, 0) is 29.8 Å². The lowest BCUT2D eigenvalue weighted by Crippen LogP contribution is -2.31. The van der Waals surface area contributed by atoms with Crippen LogP contribution in [0.15, 0.2) is 53.5 Å². The van der Waals surface area contributed by atoms with Crippen LogP contribution < -0.4 is 15.0 Å². The van der Waals surface area contributed by atoms with Crippen molar-refractivity contribution in [1.82, 2.24) is 9.38 Å². The van der Waals surface area contributed by atoms with Gasteiger partial charge in [0.15, 0.2) is 0 Å². The maximum atomic E-state index is 12.9. The maximum absolute atomic E-state index is 12.9. The van der Waals surface area contributed by atoms with E-state index in [2.05, 4.69) is 9.72 Å². The smallest absolute Gasteiger partial charge is 0.387 e. The summed E-state index contributed by atoms with van der Waals surface area (Å²) in [6.45, 7) is -2.97. The lowest BCUT2D eigenvalue weighted by molar-refractivity contribution is -0.136. The first-order chi connectivity index (χ1) is 12.5. The van der Waals surface area contributed by atoms with Gasteiger partial charge < -0.3 is 9.47 Å². The molecule has 0 saturated carbocycles. The predicted molar refractivity (Wildman–Crippen MR) is 86.6 cm³/mol. The molecular weight excluding hydrogens is 346 g/mol. The number of carbonyl (C=O) groups is 1. The summed E-state index contributed by atoms with van der Waals surface area (Å²) in [5, 5.41) is 0. The molecule has 2 aromatic heterocycles. The molecule has 0 fully saturated rings. The van der Waals surface area contributed by atoms with Gasteiger partial charge in [-0.15, -0.1) is 0 Å². The molecule has 8 heteroatoms. The normalized spacial score (nSPS) is 16.4. The van der Waals surface area contributed by atoms with Gasteiger partial charge in [-0.25, -0.2) is 0 Å². The summed E-state index contributed by atoms with van der Waals surface area (Å²) in [7, 11) is 0. The summed E-state index contributed by atoms with van der Waals surface area (Å²) in [4.78, 5) is 29.1. The quantitative estimate of drug-likeness (QED) is 0.674. The van der Waals surface area contributed by atoms with Gasteiger partial charge in [-0.3, -0.25) is 14.0 Å². The van der Waals surface area contributed by atoms with Crippen LogP contribution in [0.4, 0.5) is 8.78 Å². The van der Waals surface area contributed by atoms with E-state index in [0.29, 0.717) is 11.2 Å². The van der Waals surface area contributed by atoms with Gasteiger partial charge in [-0.1, -0.05) is 18.2 Å². The fourth-order valence-electron chi connectivity index (χ4n) is 3.07. The molecular formula is C18H12F2N2O4. The van der Waals surface area contributed by atoms with Gasteiger partial charge >= 0.3 is 12.6 Å². The number of aromatic nitrogens is 2. The van der Waals surface area contributed by atoms with E-state index in [4.69, 9.17) is 4.74 Å². The maximum Gasteiger partial charge on any atom is 0.387 e. The van der Waals surface area contributed by atoms with Gasteiger partial charge in [0.2, 0.25) is 5.88 Å². The van der Waals surface area contributed by atoms with E-state index in [9.17, 15) is 18.4 Å². The van der Waals surface area contributed by atoms with Gasteiger partial charge in [-0.2, -0.15) is 13.8 Å². The van der Waals surface area contributed by atoms with E-state index in [0.717, 1.165) is 0 Å². The highest BCUT2D eigenvalue weighted by Crippen LogP contribution is 2.36. The second kappa shape index (κ2) is 6.21. The van der Waals surface area contributed by atoms with Crippen molar-refractivity contribution >= 4 is 11.6 Å². The fraction of sp³-hybridized carbons (Fsp3) is 0.167. The summed E-state index contributed by atoms with van der Waals surface area (Å²) >= 11 is 0. The molecule has 4 rings (SSSR count). The summed E-state index contributed by atoms with van der Waals surface area (Å²) in [5.41, 5.74) is 0.682. The zero-order valence-corrected chi connectivity index (χ0v) is 13.3. The number of esters is 1. The van der Waals surface area contributed by atoms with E-state index in [1.54, 1.807) is 30.5 Å². The summed E-state index contributed by atoms with van der Waals surface area (Å²) in [5.74, 6) is -1.31. The minimum atomic E-state index is -2.97. The van der Waals surface area contributed by atoms with Crippen LogP contribution in [0, 0.1) is 0 Å². The van der Waals surface area contributed by atoms with Crippen LogP contribution in [0.3, 0.4) is 0 Å². The zero-order valence-electron chi connectivity index (χ0n) is 13.3. The number of benzene rings is 1. The number of ether oxygens (including phenoxy) is 2. The first kappa shape index (κ1) is 16.2. The van der Waals surface area contributed by atoms with Crippen molar-refractivity contribution in [3.05, 3.63) is 70.1 Å². The second-order valence-electron chi connectivity index (χ2n) is 5.75. The highest BCUT2D eigenvalue weighted by Gasteiger charge is 2.33. The van der Waals surface area contributed by atoms with Crippen LogP contribution in [0.2, 0.25) is 0 Å². The highest BCUT2D eigenvalue weighted by molar-refractivity contribution is 5.77. The molecule has 1 aliphatic rings.